The lowest BCUT2D eigenvalue weighted by atomic mass is 9.81. The molecule has 3 nitrogen and oxygen atoms in total. The van der Waals surface area contributed by atoms with Gasteiger partial charge in [0.25, 0.3) is 0 Å². The maximum absolute atomic E-state index is 12.2. The van der Waals surface area contributed by atoms with Crippen LogP contribution < -0.4 is 0 Å². The molecule has 0 N–H and O–H groups in total. The molecule has 1 aromatic carbocycles. The highest BCUT2D eigenvalue weighted by atomic mass is 35.5. The van der Waals surface area contributed by atoms with Gasteiger partial charge < -0.3 is 4.74 Å². The third-order valence-corrected chi connectivity index (χ3v) is 3.74. The lowest BCUT2D eigenvalue weighted by Crippen LogP contribution is -2.30. The fourth-order valence-electron chi connectivity index (χ4n) is 2.26. The van der Waals surface area contributed by atoms with Gasteiger partial charge in [-0.25, -0.2) is 0 Å². The fourth-order valence-corrected chi connectivity index (χ4v) is 2.44. The van der Waals surface area contributed by atoms with Gasteiger partial charge in [0, 0.05) is 22.1 Å². The number of carbonyl (C=O) groups excluding carboxylic acids is 2. The van der Waals surface area contributed by atoms with Crippen LogP contribution in [0.3, 0.4) is 0 Å². The van der Waals surface area contributed by atoms with Crippen LogP contribution in [0, 0.1) is 11.3 Å². The number of hydrogen-bond acceptors (Lipinski definition) is 3. The van der Waals surface area contributed by atoms with Crippen molar-refractivity contribution in [1.29, 1.82) is 0 Å². The molecule has 2 rings (SSSR count). The first kappa shape index (κ1) is 15.0. The van der Waals surface area contributed by atoms with E-state index >= 15 is 0 Å². The topological polar surface area (TPSA) is 43.4 Å². The van der Waals surface area contributed by atoms with Crippen molar-refractivity contribution in [3.05, 3.63) is 34.3 Å². The van der Waals surface area contributed by atoms with Gasteiger partial charge in [0.1, 0.15) is 6.10 Å². The molecular weight excluding hydrogens is 276 g/mol. The Hall–Kier alpha value is -1.35. The molecule has 0 aliphatic heterocycles. The predicted molar refractivity (Wildman–Crippen MR) is 77.9 cm³/mol. The molecule has 2 atom stereocenters. The molecule has 108 valence electrons. The molecule has 20 heavy (non-hydrogen) atoms. The molecule has 1 aromatic rings. The van der Waals surface area contributed by atoms with E-state index in [1.807, 2.05) is 27.7 Å². The van der Waals surface area contributed by atoms with E-state index in [4.69, 9.17) is 16.3 Å². The van der Waals surface area contributed by atoms with Gasteiger partial charge >= 0.3 is 5.97 Å². The van der Waals surface area contributed by atoms with Crippen LogP contribution in [0.25, 0.3) is 0 Å². The summed E-state index contributed by atoms with van der Waals surface area (Å²) in [4.78, 5) is 24.2. The normalized spacial score (nSPS) is 22.4. The molecule has 0 saturated heterocycles. The minimum absolute atomic E-state index is 0.0831. The van der Waals surface area contributed by atoms with Crippen molar-refractivity contribution < 1.29 is 14.3 Å². The molecule has 0 saturated carbocycles. The van der Waals surface area contributed by atoms with Crippen molar-refractivity contribution in [2.75, 3.05) is 0 Å². The smallest absolute Gasteiger partial charge is 0.311 e. The van der Waals surface area contributed by atoms with Gasteiger partial charge in [-0.15, -0.1) is 0 Å². The number of fused-ring (bicyclic) bond motifs is 1. The Bertz CT molecular complexity index is 557. The Labute approximate surface area is 124 Å². The molecule has 1 aliphatic rings. The van der Waals surface area contributed by atoms with E-state index in [1.165, 1.54) is 0 Å². The van der Waals surface area contributed by atoms with Crippen molar-refractivity contribution >= 4 is 23.4 Å². The second-order valence-electron chi connectivity index (χ2n) is 6.38. The zero-order chi connectivity index (χ0) is 15.1. The Morgan fingerprint density at radius 3 is 2.60 bits per heavy atom. The fraction of sp³-hybridized carbons (Fsp3) is 0.500. The van der Waals surface area contributed by atoms with Gasteiger partial charge in [0.05, 0.1) is 5.41 Å². The van der Waals surface area contributed by atoms with Crippen molar-refractivity contribution in [3.63, 3.8) is 0 Å². The average Bonchev–Trinajstić information content (AvgIpc) is 2.34. The minimum atomic E-state index is -0.566. The standard InChI is InChI=1S/C16H19ClO3/c1-9-7-13(20-15(19)16(2,3)4)12-8-10(17)5-6-11(12)14(9)18/h5-6,8-9,13H,7H2,1-4H3. The van der Waals surface area contributed by atoms with Gasteiger partial charge in [-0.1, -0.05) is 18.5 Å². The summed E-state index contributed by atoms with van der Waals surface area (Å²) in [5, 5.41) is 0.544. The van der Waals surface area contributed by atoms with Crippen LogP contribution in [0.1, 0.15) is 56.1 Å². The first-order valence-corrected chi connectivity index (χ1v) is 7.12. The first-order valence-electron chi connectivity index (χ1n) is 6.75. The van der Waals surface area contributed by atoms with Gasteiger partial charge in [0.15, 0.2) is 5.78 Å². The highest BCUT2D eigenvalue weighted by Crippen LogP contribution is 2.38. The number of ketones is 1. The number of Topliss-reactive ketones (excluding diaryl/α,β-unsaturated/α-hetero) is 1. The summed E-state index contributed by atoms with van der Waals surface area (Å²) < 4.78 is 5.61. The largest absolute Gasteiger partial charge is 0.457 e. The molecule has 0 spiro atoms. The number of ether oxygens (including phenoxy) is 1. The maximum Gasteiger partial charge on any atom is 0.311 e. The molecule has 1 aliphatic carbocycles. The van der Waals surface area contributed by atoms with Crippen molar-refractivity contribution in [2.24, 2.45) is 11.3 Å². The van der Waals surface area contributed by atoms with E-state index in [-0.39, 0.29) is 17.7 Å². The number of rotatable bonds is 1. The van der Waals surface area contributed by atoms with Crippen LogP contribution in [-0.4, -0.2) is 11.8 Å². The number of benzene rings is 1. The summed E-state index contributed by atoms with van der Waals surface area (Å²) >= 11 is 6.00. The van der Waals surface area contributed by atoms with E-state index in [0.29, 0.717) is 17.0 Å². The monoisotopic (exact) mass is 294 g/mol. The number of esters is 1. The number of carbonyl (C=O) groups is 2. The quantitative estimate of drug-likeness (QED) is 0.729. The second-order valence-corrected chi connectivity index (χ2v) is 6.81. The van der Waals surface area contributed by atoms with E-state index in [2.05, 4.69) is 0 Å². The van der Waals surface area contributed by atoms with Gasteiger partial charge in [-0.3, -0.25) is 9.59 Å². The van der Waals surface area contributed by atoms with E-state index in [1.54, 1.807) is 18.2 Å². The first-order chi connectivity index (χ1) is 9.20. The second kappa shape index (κ2) is 5.21. The van der Waals surface area contributed by atoms with Gasteiger partial charge in [-0.2, -0.15) is 0 Å². The van der Waals surface area contributed by atoms with Crippen LogP contribution in [-0.2, 0) is 9.53 Å². The molecule has 0 amide bonds. The lowest BCUT2D eigenvalue weighted by Gasteiger charge is -2.30. The van der Waals surface area contributed by atoms with Gasteiger partial charge in [0.2, 0.25) is 0 Å². The van der Waals surface area contributed by atoms with Crippen molar-refractivity contribution in [3.8, 4) is 0 Å². The highest BCUT2D eigenvalue weighted by Gasteiger charge is 2.35. The van der Waals surface area contributed by atoms with Crippen LogP contribution in [0.4, 0.5) is 0 Å². The third kappa shape index (κ3) is 2.88. The molecule has 0 fully saturated rings. The molecule has 2 unspecified atom stereocenters. The van der Waals surface area contributed by atoms with Crippen molar-refractivity contribution in [1.82, 2.24) is 0 Å². The average molecular weight is 295 g/mol. The lowest BCUT2D eigenvalue weighted by molar-refractivity contribution is -0.160. The molecule has 4 heteroatoms. The third-order valence-electron chi connectivity index (χ3n) is 3.50. The van der Waals surface area contributed by atoms with E-state index in [9.17, 15) is 9.59 Å². The summed E-state index contributed by atoms with van der Waals surface area (Å²) in [5.74, 6) is -0.337. The van der Waals surface area contributed by atoms with Crippen LogP contribution in [0.15, 0.2) is 18.2 Å². The molecule has 0 heterocycles. The zero-order valence-corrected chi connectivity index (χ0v) is 13.0. The molecule has 0 aromatic heterocycles. The van der Waals surface area contributed by atoms with Crippen LogP contribution in [0.2, 0.25) is 5.02 Å². The Morgan fingerprint density at radius 2 is 2.00 bits per heavy atom. The molecular formula is C16H19ClO3. The molecule has 0 radical (unpaired) electrons. The van der Waals surface area contributed by atoms with Crippen LogP contribution >= 0.6 is 11.6 Å². The summed E-state index contributed by atoms with van der Waals surface area (Å²) in [7, 11) is 0. The summed E-state index contributed by atoms with van der Waals surface area (Å²) in [6, 6.07) is 5.13. The van der Waals surface area contributed by atoms with Crippen molar-refractivity contribution in [2.45, 2.75) is 40.2 Å². The van der Waals surface area contributed by atoms with Crippen LogP contribution in [0.5, 0.6) is 0 Å². The summed E-state index contributed by atoms with van der Waals surface area (Å²) in [5.41, 5.74) is 0.765. The van der Waals surface area contributed by atoms with E-state index in [0.717, 1.165) is 5.56 Å². The summed E-state index contributed by atoms with van der Waals surface area (Å²) in [6.07, 6.45) is 0.108. The molecule has 0 bridgehead atoms. The number of hydrogen-bond donors (Lipinski definition) is 0. The Morgan fingerprint density at radius 1 is 1.35 bits per heavy atom. The maximum atomic E-state index is 12.2. The SMILES string of the molecule is CC1CC(OC(=O)C(C)(C)C)c2cc(Cl)ccc2C1=O. The highest BCUT2D eigenvalue weighted by molar-refractivity contribution is 6.30. The number of halogens is 1. The zero-order valence-electron chi connectivity index (χ0n) is 12.2. The predicted octanol–water partition coefficient (Wildman–Crippen LogP) is 4.19. The Kier molecular flexibility index (Phi) is 3.92. The minimum Gasteiger partial charge on any atom is -0.457 e. The van der Waals surface area contributed by atoms with Gasteiger partial charge in [-0.05, 0) is 45.4 Å². The van der Waals surface area contributed by atoms with E-state index < -0.39 is 11.5 Å². The Balaban J connectivity index is 2.36. The summed E-state index contributed by atoms with van der Waals surface area (Å²) in [6.45, 7) is 7.29.